The van der Waals surface area contributed by atoms with Crippen molar-refractivity contribution >= 4 is 23.0 Å². The van der Waals surface area contributed by atoms with Gasteiger partial charge in [-0.05, 0) is 31.2 Å². The fourth-order valence-corrected chi connectivity index (χ4v) is 5.02. The summed E-state index contributed by atoms with van der Waals surface area (Å²) < 4.78 is 7.64. The largest absolute Gasteiger partial charge is 0.497 e. The Hall–Kier alpha value is -3.71. The van der Waals surface area contributed by atoms with Crippen molar-refractivity contribution in [3.05, 3.63) is 82.2 Å². The first-order chi connectivity index (χ1) is 16.0. The summed E-state index contributed by atoms with van der Waals surface area (Å²) in [6.07, 6.45) is 0. The number of ether oxygens (including phenoxy) is 1. The van der Waals surface area contributed by atoms with Crippen molar-refractivity contribution in [2.24, 2.45) is 0 Å². The number of carbonyl (C=O) groups is 2. The first-order valence-electron chi connectivity index (χ1n) is 10.7. The van der Waals surface area contributed by atoms with Crippen LogP contribution in [0, 0.1) is 0 Å². The van der Waals surface area contributed by atoms with E-state index in [1.54, 1.807) is 19.2 Å². The second-order valence-electron chi connectivity index (χ2n) is 7.93. The van der Waals surface area contributed by atoms with Gasteiger partial charge in [0.2, 0.25) is 0 Å². The fraction of sp³-hybridized carbons (Fsp3) is 0.192. The van der Waals surface area contributed by atoms with Crippen LogP contribution in [0.25, 0.3) is 22.6 Å². The lowest BCUT2D eigenvalue weighted by molar-refractivity contribution is 0.0717. The highest BCUT2D eigenvalue weighted by Gasteiger charge is 2.29. The van der Waals surface area contributed by atoms with Gasteiger partial charge in [-0.15, -0.1) is 11.3 Å². The van der Waals surface area contributed by atoms with E-state index in [1.165, 1.54) is 18.3 Å². The molecule has 0 spiro atoms. The molecular weight excluding hydrogens is 434 g/mol. The number of amides is 1. The number of benzene rings is 2. The molecule has 7 heteroatoms. The average Bonchev–Trinajstić information content (AvgIpc) is 3.50. The third-order valence-corrected chi connectivity index (χ3v) is 7.01. The summed E-state index contributed by atoms with van der Waals surface area (Å²) in [7, 11) is 1.65. The van der Waals surface area contributed by atoms with Gasteiger partial charge in [0, 0.05) is 24.2 Å². The maximum atomic E-state index is 13.2. The molecule has 33 heavy (non-hydrogen) atoms. The van der Waals surface area contributed by atoms with Gasteiger partial charge in [-0.2, -0.15) is 0 Å². The molecule has 0 N–H and O–H groups in total. The first-order valence-corrected chi connectivity index (χ1v) is 11.6. The summed E-state index contributed by atoms with van der Waals surface area (Å²) in [5.41, 5.74) is 3.83. The van der Waals surface area contributed by atoms with Gasteiger partial charge in [0.25, 0.3) is 5.91 Å². The minimum absolute atomic E-state index is 0.0245. The molecule has 2 aromatic heterocycles. The highest BCUT2D eigenvalue weighted by molar-refractivity contribution is 7.15. The van der Waals surface area contributed by atoms with Crippen molar-refractivity contribution < 1.29 is 14.3 Å². The van der Waals surface area contributed by atoms with Gasteiger partial charge in [0.05, 0.1) is 34.8 Å². The predicted octanol–water partition coefficient (Wildman–Crippen LogP) is 5.15. The van der Waals surface area contributed by atoms with Crippen LogP contribution in [0.3, 0.4) is 0 Å². The van der Waals surface area contributed by atoms with E-state index in [-0.39, 0.29) is 11.7 Å². The monoisotopic (exact) mass is 457 g/mol. The maximum absolute atomic E-state index is 13.2. The molecule has 1 aliphatic heterocycles. The average molecular weight is 458 g/mol. The number of hydrogen-bond acceptors (Lipinski definition) is 5. The zero-order valence-electron chi connectivity index (χ0n) is 18.4. The molecule has 0 aliphatic carbocycles. The Bertz CT molecular complexity index is 1340. The van der Waals surface area contributed by atoms with E-state index in [0.717, 1.165) is 34.1 Å². The Kier molecular flexibility index (Phi) is 5.56. The van der Waals surface area contributed by atoms with Crippen molar-refractivity contribution in [2.75, 3.05) is 13.7 Å². The molecule has 0 radical (unpaired) electrons. The normalized spacial score (nSPS) is 13.0. The number of thiophene rings is 1. The number of aromatic nitrogens is 2. The van der Waals surface area contributed by atoms with Gasteiger partial charge < -0.3 is 14.2 Å². The van der Waals surface area contributed by atoms with Crippen LogP contribution in [-0.4, -0.2) is 39.8 Å². The highest BCUT2D eigenvalue weighted by Crippen LogP contribution is 2.34. The lowest BCUT2D eigenvalue weighted by Gasteiger charge is -2.29. The zero-order chi connectivity index (χ0) is 22.9. The van der Waals surface area contributed by atoms with Crippen LogP contribution in [0.5, 0.6) is 5.75 Å². The number of imidazole rings is 1. The molecule has 5 rings (SSSR count). The van der Waals surface area contributed by atoms with Crippen LogP contribution < -0.4 is 4.74 Å². The molecule has 0 bridgehead atoms. The topological polar surface area (TPSA) is 64.4 Å². The Morgan fingerprint density at radius 2 is 1.70 bits per heavy atom. The van der Waals surface area contributed by atoms with Gasteiger partial charge in [-0.3, -0.25) is 9.59 Å². The van der Waals surface area contributed by atoms with Crippen molar-refractivity contribution in [1.82, 2.24) is 14.5 Å². The predicted molar refractivity (Wildman–Crippen MR) is 129 cm³/mol. The summed E-state index contributed by atoms with van der Waals surface area (Å²) in [6.45, 7) is 3.18. The molecule has 1 amide bonds. The second-order valence-corrected chi connectivity index (χ2v) is 9.01. The van der Waals surface area contributed by atoms with Gasteiger partial charge in [0.1, 0.15) is 11.6 Å². The van der Waals surface area contributed by atoms with Crippen LogP contribution in [0.2, 0.25) is 0 Å². The number of methoxy groups -OCH3 is 1. The highest BCUT2D eigenvalue weighted by atomic mass is 32.1. The molecule has 0 atom stereocenters. The zero-order valence-corrected chi connectivity index (χ0v) is 19.3. The van der Waals surface area contributed by atoms with Gasteiger partial charge in [-0.25, -0.2) is 4.98 Å². The van der Waals surface area contributed by atoms with Crippen LogP contribution in [0.15, 0.2) is 66.7 Å². The number of rotatable bonds is 5. The second kappa shape index (κ2) is 8.67. The molecule has 3 heterocycles. The van der Waals surface area contributed by atoms with Crippen molar-refractivity contribution in [3.8, 4) is 28.4 Å². The molecule has 0 saturated carbocycles. The lowest BCUT2D eigenvalue weighted by atomic mass is 10.1. The summed E-state index contributed by atoms with van der Waals surface area (Å²) in [5, 5.41) is 0. The Morgan fingerprint density at radius 3 is 2.42 bits per heavy atom. The Balaban J connectivity index is 1.56. The fourth-order valence-electron chi connectivity index (χ4n) is 4.15. The third kappa shape index (κ3) is 3.96. The number of Topliss-reactive ketones (excluding diaryl/α,β-unsaturated/α-hetero) is 1. The number of nitrogens with zero attached hydrogens (tertiary/aromatic N) is 3. The first kappa shape index (κ1) is 21.2. The summed E-state index contributed by atoms with van der Waals surface area (Å²) in [6, 6.07) is 21.4. The molecule has 4 aromatic rings. The van der Waals surface area contributed by atoms with Gasteiger partial charge in [0.15, 0.2) is 5.78 Å². The van der Waals surface area contributed by atoms with Crippen molar-refractivity contribution in [2.45, 2.75) is 20.0 Å². The van der Waals surface area contributed by atoms with E-state index >= 15 is 0 Å². The molecule has 2 aromatic carbocycles. The van der Waals surface area contributed by atoms with Crippen molar-refractivity contribution in [3.63, 3.8) is 0 Å². The smallest absolute Gasteiger partial charge is 0.264 e. The summed E-state index contributed by atoms with van der Waals surface area (Å²) in [5.74, 6) is 1.57. The number of carbonyl (C=O) groups excluding carboxylic acids is 2. The van der Waals surface area contributed by atoms with E-state index in [1.807, 2.05) is 47.4 Å². The minimum Gasteiger partial charge on any atom is -0.497 e. The van der Waals surface area contributed by atoms with E-state index in [2.05, 4.69) is 16.7 Å². The van der Waals surface area contributed by atoms with Gasteiger partial charge in [-0.1, -0.05) is 42.5 Å². The van der Waals surface area contributed by atoms with E-state index < -0.39 is 0 Å². The Morgan fingerprint density at radius 1 is 0.939 bits per heavy atom. The summed E-state index contributed by atoms with van der Waals surface area (Å²) in [4.78, 5) is 33.0. The van der Waals surface area contributed by atoms with E-state index in [0.29, 0.717) is 29.4 Å². The van der Waals surface area contributed by atoms with E-state index in [9.17, 15) is 9.59 Å². The lowest BCUT2D eigenvalue weighted by Crippen LogP contribution is -2.38. The molecule has 0 unspecified atom stereocenters. The minimum atomic E-state index is -0.0576. The van der Waals surface area contributed by atoms with Crippen LogP contribution in [-0.2, 0) is 13.1 Å². The molecule has 1 aliphatic rings. The molecule has 0 fully saturated rings. The van der Waals surface area contributed by atoms with Crippen LogP contribution in [0.1, 0.15) is 32.0 Å². The SMILES string of the molecule is COc1cccc(-c2nc(-c3ccccc3)n3c2CN(C(=O)c2ccc(C(C)=O)s2)CC3)c1. The third-order valence-electron chi connectivity index (χ3n) is 5.83. The Labute approximate surface area is 196 Å². The van der Waals surface area contributed by atoms with Crippen LogP contribution in [0.4, 0.5) is 0 Å². The van der Waals surface area contributed by atoms with Gasteiger partial charge >= 0.3 is 0 Å². The quantitative estimate of drug-likeness (QED) is 0.389. The maximum Gasteiger partial charge on any atom is 0.264 e. The molecular formula is C26H23N3O3S. The number of fused-ring (bicyclic) bond motifs is 1. The summed E-state index contributed by atoms with van der Waals surface area (Å²) >= 11 is 1.25. The molecule has 6 nitrogen and oxygen atoms in total. The molecule has 0 saturated heterocycles. The number of ketones is 1. The van der Waals surface area contributed by atoms with Crippen molar-refractivity contribution in [1.29, 1.82) is 0 Å². The number of hydrogen-bond donors (Lipinski definition) is 0. The van der Waals surface area contributed by atoms with E-state index in [4.69, 9.17) is 9.72 Å². The van der Waals surface area contributed by atoms with Crippen LogP contribution >= 0.6 is 11.3 Å². The molecule has 166 valence electrons. The standard InChI is InChI=1S/C26H23N3O3S/c1-17(30)22-11-12-23(33-22)26(31)28-13-14-29-21(16-28)24(19-9-6-10-20(15-19)32-2)27-25(29)18-7-4-3-5-8-18/h3-12,15H,13-14,16H2,1-2H3.